The van der Waals surface area contributed by atoms with Crippen LogP contribution >= 0.6 is 0 Å². The van der Waals surface area contributed by atoms with Crippen LogP contribution in [0.4, 0.5) is 5.69 Å². The van der Waals surface area contributed by atoms with Crippen molar-refractivity contribution in [1.82, 2.24) is 9.78 Å². The minimum Gasteiger partial charge on any atom is -0.362 e. The predicted molar refractivity (Wildman–Crippen MR) is 87.3 cm³/mol. The second-order valence-electron chi connectivity index (χ2n) is 6.13. The molecule has 3 heteroatoms. The number of rotatable bonds is 4. The third kappa shape index (κ3) is 3.66. The summed E-state index contributed by atoms with van der Waals surface area (Å²) in [6.07, 6.45) is 12.3. The number of nitrogens with zero attached hydrogens (tertiary/aromatic N) is 3. The smallest absolute Gasteiger partial charge is 0.0757 e. The van der Waals surface area contributed by atoms with Crippen molar-refractivity contribution in [3.63, 3.8) is 0 Å². The van der Waals surface area contributed by atoms with E-state index in [0.717, 1.165) is 6.54 Å². The fourth-order valence-corrected chi connectivity index (χ4v) is 3.34. The SMILES string of the molecule is Cn1cc(N(Cc2ccccc2)C2CCCCCC2)cn1. The predicted octanol–water partition coefficient (Wildman–Crippen LogP) is 4.15. The summed E-state index contributed by atoms with van der Waals surface area (Å²) in [6.45, 7) is 0.983. The Labute approximate surface area is 127 Å². The van der Waals surface area contributed by atoms with Crippen LogP contribution in [0.2, 0.25) is 0 Å². The lowest BCUT2D eigenvalue weighted by Crippen LogP contribution is -2.34. The van der Waals surface area contributed by atoms with Gasteiger partial charge in [0.2, 0.25) is 0 Å². The van der Waals surface area contributed by atoms with Crippen LogP contribution in [0.3, 0.4) is 0 Å². The Morgan fingerprint density at radius 3 is 2.43 bits per heavy atom. The molecule has 1 heterocycles. The van der Waals surface area contributed by atoms with Crippen LogP contribution < -0.4 is 4.90 Å². The monoisotopic (exact) mass is 283 g/mol. The number of hydrogen-bond donors (Lipinski definition) is 0. The maximum Gasteiger partial charge on any atom is 0.0757 e. The highest BCUT2D eigenvalue weighted by Crippen LogP contribution is 2.28. The molecule has 0 saturated heterocycles. The van der Waals surface area contributed by atoms with E-state index in [-0.39, 0.29) is 0 Å². The number of aryl methyl sites for hydroxylation is 1. The summed E-state index contributed by atoms with van der Waals surface area (Å²) < 4.78 is 1.91. The zero-order chi connectivity index (χ0) is 14.5. The third-order valence-corrected chi connectivity index (χ3v) is 4.48. The fraction of sp³-hybridized carbons (Fsp3) is 0.500. The molecular formula is C18H25N3. The largest absolute Gasteiger partial charge is 0.362 e. The molecule has 1 saturated carbocycles. The first-order valence-electron chi connectivity index (χ1n) is 8.12. The van der Waals surface area contributed by atoms with E-state index in [2.05, 4.69) is 46.5 Å². The van der Waals surface area contributed by atoms with Gasteiger partial charge in [0.05, 0.1) is 11.9 Å². The third-order valence-electron chi connectivity index (χ3n) is 4.48. The van der Waals surface area contributed by atoms with Gasteiger partial charge in [-0.15, -0.1) is 0 Å². The molecule has 3 rings (SSSR count). The van der Waals surface area contributed by atoms with Gasteiger partial charge in [0, 0.05) is 25.8 Å². The molecule has 1 aromatic carbocycles. The molecule has 0 amide bonds. The van der Waals surface area contributed by atoms with Crippen LogP contribution in [0.25, 0.3) is 0 Å². The normalized spacial score (nSPS) is 16.6. The second-order valence-corrected chi connectivity index (χ2v) is 6.13. The number of aromatic nitrogens is 2. The lowest BCUT2D eigenvalue weighted by atomic mass is 10.1. The van der Waals surface area contributed by atoms with E-state index in [0.29, 0.717) is 6.04 Å². The Morgan fingerprint density at radius 1 is 1.10 bits per heavy atom. The van der Waals surface area contributed by atoms with Crippen LogP contribution in [0, 0.1) is 0 Å². The summed E-state index contributed by atoms with van der Waals surface area (Å²) in [4.78, 5) is 2.56. The number of hydrogen-bond acceptors (Lipinski definition) is 2. The molecule has 21 heavy (non-hydrogen) atoms. The first-order chi connectivity index (χ1) is 10.3. The Bertz CT molecular complexity index is 539. The van der Waals surface area contributed by atoms with E-state index in [1.165, 1.54) is 49.8 Å². The Balaban J connectivity index is 1.83. The molecule has 0 radical (unpaired) electrons. The molecule has 0 N–H and O–H groups in total. The van der Waals surface area contributed by atoms with Crippen molar-refractivity contribution in [2.24, 2.45) is 7.05 Å². The van der Waals surface area contributed by atoms with Crippen LogP contribution in [-0.4, -0.2) is 15.8 Å². The molecule has 1 aliphatic rings. The number of anilines is 1. The molecule has 0 spiro atoms. The highest BCUT2D eigenvalue weighted by molar-refractivity contribution is 5.44. The van der Waals surface area contributed by atoms with Gasteiger partial charge in [-0.05, 0) is 18.4 Å². The molecule has 0 unspecified atom stereocenters. The minimum atomic E-state index is 0.650. The first kappa shape index (κ1) is 14.2. The second kappa shape index (κ2) is 6.79. The van der Waals surface area contributed by atoms with E-state index in [1.54, 1.807) is 0 Å². The Morgan fingerprint density at radius 2 is 1.81 bits per heavy atom. The van der Waals surface area contributed by atoms with Crippen molar-refractivity contribution in [2.75, 3.05) is 4.90 Å². The Kier molecular flexibility index (Phi) is 4.59. The quantitative estimate of drug-likeness (QED) is 0.786. The van der Waals surface area contributed by atoms with E-state index in [1.807, 2.05) is 17.9 Å². The molecular weight excluding hydrogens is 258 g/mol. The van der Waals surface area contributed by atoms with Gasteiger partial charge in [-0.2, -0.15) is 5.10 Å². The highest BCUT2D eigenvalue weighted by atomic mass is 15.3. The molecule has 1 aliphatic carbocycles. The average Bonchev–Trinajstić information content (AvgIpc) is 2.77. The van der Waals surface area contributed by atoms with Crippen molar-refractivity contribution in [3.05, 3.63) is 48.3 Å². The molecule has 1 fully saturated rings. The van der Waals surface area contributed by atoms with Gasteiger partial charge >= 0.3 is 0 Å². The molecule has 2 aromatic rings. The van der Waals surface area contributed by atoms with Crippen molar-refractivity contribution in [2.45, 2.75) is 51.1 Å². The molecule has 112 valence electrons. The van der Waals surface area contributed by atoms with Gasteiger partial charge in [0.1, 0.15) is 0 Å². The van der Waals surface area contributed by atoms with Gasteiger partial charge in [-0.25, -0.2) is 0 Å². The Hall–Kier alpha value is -1.77. The van der Waals surface area contributed by atoms with Crippen LogP contribution in [0.15, 0.2) is 42.7 Å². The summed E-state index contributed by atoms with van der Waals surface area (Å²) in [7, 11) is 2.00. The maximum absolute atomic E-state index is 4.37. The molecule has 0 aliphatic heterocycles. The van der Waals surface area contributed by atoms with Crippen LogP contribution in [0.5, 0.6) is 0 Å². The zero-order valence-corrected chi connectivity index (χ0v) is 12.9. The van der Waals surface area contributed by atoms with Crippen molar-refractivity contribution < 1.29 is 0 Å². The molecule has 0 atom stereocenters. The molecule has 0 bridgehead atoms. The highest BCUT2D eigenvalue weighted by Gasteiger charge is 2.21. The minimum absolute atomic E-state index is 0.650. The zero-order valence-electron chi connectivity index (χ0n) is 12.9. The van der Waals surface area contributed by atoms with E-state index >= 15 is 0 Å². The van der Waals surface area contributed by atoms with Gasteiger partial charge in [0.15, 0.2) is 0 Å². The molecule has 3 nitrogen and oxygen atoms in total. The van der Waals surface area contributed by atoms with E-state index in [9.17, 15) is 0 Å². The van der Waals surface area contributed by atoms with Gasteiger partial charge in [-0.3, -0.25) is 4.68 Å². The van der Waals surface area contributed by atoms with Crippen molar-refractivity contribution in [1.29, 1.82) is 0 Å². The topological polar surface area (TPSA) is 21.1 Å². The summed E-state index contributed by atoms with van der Waals surface area (Å²) >= 11 is 0. The fourth-order valence-electron chi connectivity index (χ4n) is 3.34. The van der Waals surface area contributed by atoms with Gasteiger partial charge < -0.3 is 4.90 Å². The van der Waals surface area contributed by atoms with Crippen LogP contribution in [-0.2, 0) is 13.6 Å². The summed E-state index contributed by atoms with van der Waals surface area (Å²) in [5, 5.41) is 4.37. The standard InChI is InChI=1S/C18H25N3/c1-20-15-18(13-19-20)21(14-16-9-5-4-6-10-16)17-11-7-2-3-8-12-17/h4-6,9-10,13,15,17H,2-3,7-8,11-12,14H2,1H3. The summed E-state index contributed by atoms with van der Waals surface area (Å²) in [5.74, 6) is 0. The van der Waals surface area contributed by atoms with Crippen molar-refractivity contribution >= 4 is 5.69 Å². The maximum atomic E-state index is 4.37. The van der Waals surface area contributed by atoms with E-state index in [4.69, 9.17) is 0 Å². The lowest BCUT2D eigenvalue weighted by molar-refractivity contribution is 0.522. The average molecular weight is 283 g/mol. The lowest BCUT2D eigenvalue weighted by Gasteiger charge is -2.32. The molecule has 1 aromatic heterocycles. The summed E-state index contributed by atoms with van der Waals surface area (Å²) in [5.41, 5.74) is 2.64. The number of benzene rings is 1. The first-order valence-corrected chi connectivity index (χ1v) is 8.12. The van der Waals surface area contributed by atoms with Crippen molar-refractivity contribution in [3.8, 4) is 0 Å². The summed E-state index contributed by atoms with van der Waals surface area (Å²) in [6, 6.07) is 11.4. The van der Waals surface area contributed by atoms with Gasteiger partial charge in [-0.1, -0.05) is 56.0 Å². The van der Waals surface area contributed by atoms with E-state index < -0.39 is 0 Å². The van der Waals surface area contributed by atoms with Gasteiger partial charge in [0.25, 0.3) is 0 Å². The van der Waals surface area contributed by atoms with Crippen LogP contribution in [0.1, 0.15) is 44.1 Å².